The molecule has 0 amide bonds. The Kier molecular flexibility index (Phi) is 3.78. The standard InChI is InChI=1S/C10H11BrClN5/c1-17-10(7(12)5-15-17)9(16-13)8-6(11)3-2-4-14-8/h2-5,9,16H,13H2,1H3. The summed E-state index contributed by atoms with van der Waals surface area (Å²) in [5, 5.41) is 4.64. The van der Waals surface area contributed by atoms with Gasteiger partial charge < -0.3 is 0 Å². The van der Waals surface area contributed by atoms with E-state index in [0.717, 1.165) is 15.9 Å². The number of aryl methyl sites for hydroxylation is 1. The largest absolute Gasteiger partial charge is 0.270 e. The summed E-state index contributed by atoms with van der Waals surface area (Å²) in [6.07, 6.45) is 3.28. The Balaban J connectivity index is 2.52. The minimum Gasteiger partial charge on any atom is -0.270 e. The van der Waals surface area contributed by atoms with Gasteiger partial charge in [-0.3, -0.25) is 15.5 Å². The molecule has 0 spiro atoms. The van der Waals surface area contributed by atoms with E-state index in [0.29, 0.717) is 5.02 Å². The zero-order valence-corrected chi connectivity index (χ0v) is 11.4. The highest BCUT2D eigenvalue weighted by Crippen LogP contribution is 2.29. The third-order valence-electron chi connectivity index (χ3n) is 2.44. The molecule has 7 heteroatoms. The first kappa shape index (κ1) is 12.5. The summed E-state index contributed by atoms with van der Waals surface area (Å²) in [5.41, 5.74) is 4.24. The predicted molar refractivity (Wildman–Crippen MR) is 69.3 cm³/mol. The molecule has 1 unspecified atom stereocenters. The Morgan fingerprint density at radius 2 is 2.35 bits per heavy atom. The second-order valence-corrected chi connectivity index (χ2v) is 4.73. The van der Waals surface area contributed by atoms with Crippen molar-refractivity contribution in [3.05, 3.63) is 45.4 Å². The SMILES string of the molecule is Cn1ncc(Cl)c1C(NN)c1ncccc1Br. The highest BCUT2D eigenvalue weighted by atomic mass is 79.9. The van der Waals surface area contributed by atoms with Gasteiger partial charge in [-0.1, -0.05) is 11.6 Å². The Bertz CT molecular complexity index is 508. The number of rotatable bonds is 3. The molecule has 0 fully saturated rings. The summed E-state index contributed by atoms with van der Waals surface area (Å²) >= 11 is 9.54. The molecule has 0 aromatic carbocycles. The first-order valence-electron chi connectivity index (χ1n) is 4.89. The minimum absolute atomic E-state index is 0.314. The molecule has 0 bridgehead atoms. The number of hydrogen-bond acceptors (Lipinski definition) is 4. The van der Waals surface area contributed by atoms with Gasteiger partial charge >= 0.3 is 0 Å². The molecule has 0 aliphatic heterocycles. The van der Waals surface area contributed by atoms with E-state index in [-0.39, 0.29) is 6.04 Å². The number of halogens is 2. The number of nitrogens with zero attached hydrogens (tertiary/aromatic N) is 3. The molecule has 2 aromatic heterocycles. The summed E-state index contributed by atoms with van der Waals surface area (Å²) in [7, 11) is 1.81. The molecule has 0 aliphatic carbocycles. The molecule has 0 radical (unpaired) electrons. The molecular weight excluding hydrogens is 306 g/mol. The molecule has 90 valence electrons. The molecule has 2 rings (SSSR count). The van der Waals surface area contributed by atoms with Gasteiger partial charge in [-0.2, -0.15) is 5.10 Å². The van der Waals surface area contributed by atoms with E-state index in [1.54, 1.807) is 17.1 Å². The second kappa shape index (κ2) is 5.14. The Labute approximate surface area is 112 Å². The fourth-order valence-electron chi connectivity index (χ4n) is 1.64. The van der Waals surface area contributed by atoms with Crippen molar-refractivity contribution in [3.8, 4) is 0 Å². The van der Waals surface area contributed by atoms with Gasteiger partial charge in [0.2, 0.25) is 0 Å². The van der Waals surface area contributed by atoms with Crippen molar-refractivity contribution in [1.82, 2.24) is 20.2 Å². The Morgan fingerprint density at radius 3 is 2.88 bits per heavy atom. The first-order chi connectivity index (χ1) is 8.15. The van der Waals surface area contributed by atoms with Gasteiger partial charge in [-0.05, 0) is 28.1 Å². The highest BCUT2D eigenvalue weighted by molar-refractivity contribution is 9.10. The van der Waals surface area contributed by atoms with Crippen LogP contribution in [-0.4, -0.2) is 14.8 Å². The molecule has 0 saturated carbocycles. The van der Waals surface area contributed by atoms with Crippen LogP contribution in [0, 0.1) is 0 Å². The zero-order valence-electron chi connectivity index (χ0n) is 9.06. The number of nitrogens with two attached hydrogens (primary N) is 1. The molecule has 0 aliphatic rings. The number of aromatic nitrogens is 3. The van der Waals surface area contributed by atoms with Crippen molar-refractivity contribution in [1.29, 1.82) is 0 Å². The van der Waals surface area contributed by atoms with E-state index in [4.69, 9.17) is 17.4 Å². The quantitative estimate of drug-likeness (QED) is 0.669. The van der Waals surface area contributed by atoms with Gasteiger partial charge in [0, 0.05) is 17.7 Å². The Morgan fingerprint density at radius 1 is 1.59 bits per heavy atom. The summed E-state index contributed by atoms with van der Waals surface area (Å²) in [6, 6.07) is 3.42. The maximum Gasteiger partial charge on any atom is 0.107 e. The monoisotopic (exact) mass is 315 g/mol. The third-order valence-corrected chi connectivity index (χ3v) is 3.40. The molecule has 0 saturated heterocycles. The molecule has 2 heterocycles. The second-order valence-electron chi connectivity index (χ2n) is 3.47. The molecule has 5 nitrogen and oxygen atoms in total. The molecule has 1 atom stereocenters. The predicted octanol–water partition coefficient (Wildman–Crippen LogP) is 1.78. The zero-order chi connectivity index (χ0) is 12.4. The summed E-state index contributed by atoms with van der Waals surface area (Å²) in [5.74, 6) is 5.59. The van der Waals surface area contributed by atoms with Crippen LogP contribution in [0.3, 0.4) is 0 Å². The Hall–Kier alpha value is -0.950. The van der Waals surface area contributed by atoms with Gasteiger partial charge in [0.1, 0.15) is 6.04 Å². The van der Waals surface area contributed by atoms with E-state index in [1.165, 1.54) is 0 Å². The van der Waals surface area contributed by atoms with E-state index in [9.17, 15) is 0 Å². The first-order valence-corrected chi connectivity index (χ1v) is 6.06. The van der Waals surface area contributed by atoms with Crippen LogP contribution in [-0.2, 0) is 7.05 Å². The van der Waals surface area contributed by atoms with Gasteiger partial charge in [0.25, 0.3) is 0 Å². The summed E-state index contributed by atoms with van der Waals surface area (Å²) in [6.45, 7) is 0. The van der Waals surface area contributed by atoms with Crippen LogP contribution in [0.4, 0.5) is 0 Å². The van der Waals surface area contributed by atoms with Crippen LogP contribution >= 0.6 is 27.5 Å². The van der Waals surface area contributed by atoms with Crippen LogP contribution in [0.15, 0.2) is 29.0 Å². The summed E-state index contributed by atoms with van der Waals surface area (Å²) < 4.78 is 2.54. The number of pyridine rings is 1. The van der Waals surface area contributed by atoms with E-state index in [1.807, 2.05) is 19.2 Å². The maximum absolute atomic E-state index is 6.10. The minimum atomic E-state index is -0.314. The average molecular weight is 317 g/mol. The van der Waals surface area contributed by atoms with E-state index < -0.39 is 0 Å². The van der Waals surface area contributed by atoms with Crippen molar-refractivity contribution in [2.45, 2.75) is 6.04 Å². The molecule has 2 aromatic rings. The van der Waals surface area contributed by atoms with E-state index >= 15 is 0 Å². The van der Waals surface area contributed by atoms with Gasteiger partial charge in [-0.15, -0.1) is 0 Å². The normalized spacial score (nSPS) is 12.7. The lowest BCUT2D eigenvalue weighted by Crippen LogP contribution is -2.31. The fourth-order valence-corrected chi connectivity index (χ4v) is 2.40. The number of nitrogens with one attached hydrogen (secondary N) is 1. The van der Waals surface area contributed by atoms with Gasteiger partial charge in [-0.25, -0.2) is 5.43 Å². The van der Waals surface area contributed by atoms with Crippen LogP contribution in [0.1, 0.15) is 17.4 Å². The molecule has 3 N–H and O–H groups in total. The number of hydrazine groups is 1. The maximum atomic E-state index is 6.10. The third kappa shape index (κ3) is 2.35. The van der Waals surface area contributed by atoms with Crippen molar-refractivity contribution in [3.63, 3.8) is 0 Å². The van der Waals surface area contributed by atoms with Crippen molar-refractivity contribution in [2.24, 2.45) is 12.9 Å². The smallest absolute Gasteiger partial charge is 0.107 e. The highest BCUT2D eigenvalue weighted by Gasteiger charge is 2.22. The van der Waals surface area contributed by atoms with E-state index in [2.05, 4.69) is 31.4 Å². The average Bonchev–Trinajstić information content (AvgIpc) is 2.64. The molecule has 17 heavy (non-hydrogen) atoms. The van der Waals surface area contributed by atoms with Gasteiger partial charge in [0.05, 0.1) is 22.6 Å². The lowest BCUT2D eigenvalue weighted by molar-refractivity contribution is 0.562. The van der Waals surface area contributed by atoms with Crippen LogP contribution in [0.2, 0.25) is 5.02 Å². The van der Waals surface area contributed by atoms with Crippen LogP contribution < -0.4 is 11.3 Å². The van der Waals surface area contributed by atoms with Crippen molar-refractivity contribution in [2.75, 3.05) is 0 Å². The topological polar surface area (TPSA) is 68.8 Å². The summed E-state index contributed by atoms with van der Waals surface area (Å²) in [4.78, 5) is 4.30. The molecular formula is C10H11BrClN5. The lowest BCUT2D eigenvalue weighted by atomic mass is 10.1. The van der Waals surface area contributed by atoms with Crippen LogP contribution in [0.25, 0.3) is 0 Å². The lowest BCUT2D eigenvalue weighted by Gasteiger charge is -2.17. The van der Waals surface area contributed by atoms with Gasteiger partial charge in [0.15, 0.2) is 0 Å². The number of hydrogen-bond donors (Lipinski definition) is 2. The van der Waals surface area contributed by atoms with Crippen LogP contribution in [0.5, 0.6) is 0 Å². The fraction of sp³-hybridized carbons (Fsp3) is 0.200. The van der Waals surface area contributed by atoms with Crippen molar-refractivity contribution < 1.29 is 0 Å². The van der Waals surface area contributed by atoms with Crippen molar-refractivity contribution >= 4 is 27.5 Å².